The second kappa shape index (κ2) is 6.10. The Bertz CT molecular complexity index is 442. The summed E-state index contributed by atoms with van der Waals surface area (Å²) in [6, 6.07) is 7.82. The standard InChI is InChI=1S/C16H26N4/c1-19(2)15-6-4-10-20(12-15)16-7-3-5-14(18-16)11-17-13-8-9-13/h3,5,7,13,15,17H,4,6,8-12H2,1-2H3. The van der Waals surface area contributed by atoms with Gasteiger partial charge in [-0.15, -0.1) is 0 Å². The second-order valence-corrected chi connectivity index (χ2v) is 6.35. The number of piperidine rings is 1. The molecule has 1 aromatic rings. The van der Waals surface area contributed by atoms with Gasteiger partial charge in [-0.1, -0.05) is 6.07 Å². The zero-order valence-electron chi connectivity index (χ0n) is 12.7. The van der Waals surface area contributed by atoms with Gasteiger partial charge in [0.2, 0.25) is 0 Å². The molecule has 3 rings (SSSR count). The quantitative estimate of drug-likeness (QED) is 0.888. The number of hydrogen-bond donors (Lipinski definition) is 1. The predicted molar refractivity (Wildman–Crippen MR) is 83.0 cm³/mol. The van der Waals surface area contributed by atoms with Crippen LogP contribution in [0.15, 0.2) is 18.2 Å². The molecule has 1 N–H and O–H groups in total. The molecule has 0 amide bonds. The van der Waals surface area contributed by atoms with Crippen LogP contribution in [-0.2, 0) is 6.54 Å². The van der Waals surface area contributed by atoms with E-state index in [-0.39, 0.29) is 0 Å². The second-order valence-electron chi connectivity index (χ2n) is 6.35. The van der Waals surface area contributed by atoms with Crippen LogP contribution in [0.1, 0.15) is 31.4 Å². The van der Waals surface area contributed by atoms with Crippen LogP contribution in [0.4, 0.5) is 5.82 Å². The van der Waals surface area contributed by atoms with Crippen LogP contribution in [0.25, 0.3) is 0 Å². The fraction of sp³-hybridized carbons (Fsp3) is 0.688. The highest BCUT2D eigenvalue weighted by atomic mass is 15.2. The minimum atomic E-state index is 0.652. The van der Waals surface area contributed by atoms with E-state index < -0.39 is 0 Å². The summed E-state index contributed by atoms with van der Waals surface area (Å²) in [5.74, 6) is 1.15. The molecule has 0 radical (unpaired) electrons. The topological polar surface area (TPSA) is 31.4 Å². The maximum Gasteiger partial charge on any atom is 0.128 e. The van der Waals surface area contributed by atoms with Crippen LogP contribution in [0.5, 0.6) is 0 Å². The highest BCUT2D eigenvalue weighted by Crippen LogP contribution is 2.21. The van der Waals surface area contributed by atoms with E-state index in [0.717, 1.165) is 31.5 Å². The van der Waals surface area contributed by atoms with E-state index in [1.54, 1.807) is 0 Å². The van der Waals surface area contributed by atoms with Gasteiger partial charge in [-0.05, 0) is 51.9 Å². The lowest BCUT2D eigenvalue weighted by atomic mass is 10.0. The van der Waals surface area contributed by atoms with Crippen molar-refractivity contribution in [2.75, 3.05) is 32.1 Å². The molecule has 1 aliphatic carbocycles. The van der Waals surface area contributed by atoms with Crippen molar-refractivity contribution < 1.29 is 0 Å². The first kappa shape index (κ1) is 13.8. The number of nitrogens with zero attached hydrogens (tertiary/aromatic N) is 3. The minimum absolute atomic E-state index is 0.652. The monoisotopic (exact) mass is 274 g/mol. The highest BCUT2D eigenvalue weighted by molar-refractivity contribution is 5.40. The summed E-state index contributed by atoms with van der Waals surface area (Å²) in [5.41, 5.74) is 1.17. The van der Waals surface area contributed by atoms with E-state index >= 15 is 0 Å². The fourth-order valence-corrected chi connectivity index (χ4v) is 2.86. The van der Waals surface area contributed by atoms with Gasteiger partial charge in [0, 0.05) is 31.7 Å². The summed E-state index contributed by atoms with van der Waals surface area (Å²) >= 11 is 0. The number of anilines is 1. The zero-order valence-corrected chi connectivity index (χ0v) is 12.7. The van der Waals surface area contributed by atoms with Crippen LogP contribution in [0.2, 0.25) is 0 Å². The zero-order chi connectivity index (χ0) is 13.9. The molecule has 2 fully saturated rings. The number of rotatable bonds is 5. The predicted octanol–water partition coefficient (Wildman–Crippen LogP) is 1.86. The van der Waals surface area contributed by atoms with Gasteiger partial charge >= 0.3 is 0 Å². The molecule has 2 aliphatic rings. The Morgan fingerprint density at radius 2 is 2.15 bits per heavy atom. The summed E-state index contributed by atoms with van der Waals surface area (Å²) in [6.07, 6.45) is 5.22. The number of nitrogens with one attached hydrogen (secondary N) is 1. The minimum Gasteiger partial charge on any atom is -0.355 e. The van der Waals surface area contributed by atoms with Gasteiger partial charge < -0.3 is 15.1 Å². The molecular weight excluding hydrogens is 248 g/mol. The van der Waals surface area contributed by atoms with E-state index in [0.29, 0.717) is 6.04 Å². The van der Waals surface area contributed by atoms with Gasteiger partial charge in [-0.2, -0.15) is 0 Å². The summed E-state index contributed by atoms with van der Waals surface area (Å²) in [7, 11) is 4.36. The van der Waals surface area contributed by atoms with Gasteiger partial charge in [-0.3, -0.25) is 0 Å². The van der Waals surface area contributed by atoms with Crippen molar-refractivity contribution in [3.63, 3.8) is 0 Å². The summed E-state index contributed by atoms with van der Waals surface area (Å²) in [6.45, 7) is 3.14. The Morgan fingerprint density at radius 3 is 2.90 bits per heavy atom. The van der Waals surface area contributed by atoms with E-state index in [4.69, 9.17) is 4.98 Å². The van der Waals surface area contributed by atoms with E-state index in [2.05, 4.69) is 47.4 Å². The number of aromatic nitrogens is 1. The SMILES string of the molecule is CN(C)C1CCCN(c2cccc(CNC3CC3)n2)C1. The van der Waals surface area contributed by atoms with Crippen molar-refractivity contribution in [3.05, 3.63) is 23.9 Å². The first-order chi connectivity index (χ1) is 9.72. The third-order valence-corrected chi connectivity index (χ3v) is 4.39. The molecule has 4 nitrogen and oxygen atoms in total. The lowest BCUT2D eigenvalue weighted by Crippen LogP contribution is -2.45. The first-order valence-electron chi connectivity index (χ1n) is 7.83. The van der Waals surface area contributed by atoms with Gasteiger partial charge in [0.15, 0.2) is 0 Å². The van der Waals surface area contributed by atoms with Gasteiger partial charge in [0.05, 0.1) is 5.69 Å². The van der Waals surface area contributed by atoms with Crippen molar-refractivity contribution >= 4 is 5.82 Å². The van der Waals surface area contributed by atoms with Crippen LogP contribution < -0.4 is 10.2 Å². The number of likely N-dealkylation sites (N-methyl/N-ethyl adjacent to an activating group) is 1. The molecule has 20 heavy (non-hydrogen) atoms. The molecule has 1 atom stereocenters. The van der Waals surface area contributed by atoms with Crippen molar-refractivity contribution in [2.24, 2.45) is 0 Å². The largest absolute Gasteiger partial charge is 0.355 e. The molecule has 4 heteroatoms. The molecule has 1 saturated carbocycles. The number of pyridine rings is 1. The lowest BCUT2D eigenvalue weighted by molar-refractivity contribution is 0.257. The fourth-order valence-electron chi connectivity index (χ4n) is 2.86. The maximum absolute atomic E-state index is 4.83. The molecule has 1 saturated heterocycles. The van der Waals surface area contributed by atoms with Crippen molar-refractivity contribution in [1.82, 2.24) is 15.2 Å². The van der Waals surface area contributed by atoms with E-state index in [1.807, 2.05) is 0 Å². The van der Waals surface area contributed by atoms with Gasteiger partial charge in [0.25, 0.3) is 0 Å². The molecular formula is C16H26N4. The first-order valence-corrected chi connectivity index (χ1v) is 7.83. The molecule has 1 aromatic heterocycles. The summed E-state index contributed by atoms with van der Waals surface area (Å²) in [4.78, 5) is 9.61. The van der Waals surface area contributed by atoms with Crippen molar-refractivity contribution in [3.8, 4) is 0 Å². The van der Waals surface area contributed by atoms with Crippen molar-refractivity contribution in [2.45, 2.75) is 44.3 Å². The van der Waals surface area contributed by atoms with E-state index in [9.17, 15) is 0 Å². The molecule has 0 aromatic carbocycles. The molecule has 1 unspecified atom stereocenters. The molecule has 1 aliphatic heterocycles. The Labute approximate surface area is 122 Å². The normalized spacial score (nSPS) is 23.4. The highest BCUT2D eigenvalue weighted by Gasteiger charge is 2.23. The summed E-state index contributed by atoms with van der Waals surface area (Å²) in [5, 5.41) is 3.54. The Kier molecular flexibility index (Phi) is 4.22. The van der Waals surface area contributed by atoms with Crippen LogP contribution >= 0.6 is 0 Å². The molecule has 0 spiro atoms. The van der Waals surface area contributed by atoms with Crippen molar-refractivity contribution in [1.29, 1.82) is 0 Å². The Morgan fingerprint density at radius 1 is 1.30 bits per heavy atom. The molecule has 2 heterocycles. The maximum atomic E-state index is 4.83. The summed E-state index contributed by atoms with van der Waals surface area (Å²) < 4.78 is 0. The smallest absolute Gasteiger partial charge is 0.128 e. The average molecular weight is 274 g/mol. The van der Waals surface area contributed by atoms with Crippen LogP contribution in [0.3, 0.4) is 0 Å². The average Bonchev–Trinajstić information content (AvgIpc) is 3.30. The van der Waals surface area contributed by atoms with Gasteiger partial charge in [0.1, 0.15) is 5.82 Å². The van der Waals surface area contributed by atoms with Crippen LogP contribution in [-0.4, -0.2) is 49.2 Å². The third kappa shape index (κ3) is 3.49. The third-order valence-electron chi connectivity index (χ3n) is 4.39. The van der Waals surface area contributed by atoms with Gasteiger partial charge in [-0.25, -0.2) is 4.98 Å². The molecule has 110 valence electrons. The Hall–Kier alpha value is -1.13. The molecule has 0 bridgehead atoms. The lowest BCUT2D eigenvalue weighted by Gasteiger charge is -2.36. The Balaban J connectivity index is 1.64. The van der Waals surface area contributed by atoms with E-state index in [1.165, 1.54) is 31.4 Å². The van der Waals surface area contributed by atoms with Crippen LogP contribution in [0, 0.1) is 0 Å². The number of hydrogen-bond acceptors (Lipinski definition) is 4.